The summed E-state index contributed by atoms with van der Waals surface area (Å²) in [5.74, 6) is 0.813. The van der Waals surface area contributed by atoms with Gasteiger partial charge in [-0.15, -0.1) is 0 Å². The van der Waals surface area contributed by atoms with Crippen LogP contribution < -0.4 is 14.8 Å². The zero-order valence-corrected chi connectivity index (χ0v) is 12.7. The normalized spacial score (nSPS) is 16.7. The van der Waals surface area contributed by atoms with Gasteiger partial charge in [0, 0.05) is 17.3 Å². The minimum Gasteiger partial charge on any atom is -0.470 e. The van der Waals surface area contributed by atoms with E-state index in [9.17, 15) is 0 Å². The Kier molecular flexibility index (Phi) is 3.29. The Labute approximate surface area is 124 Å². The van der Waals surface area contributed by atoms with Gasteiger partial charge in [-0.05, 0) is 32.9 Å². The number of fused-ring (bicyclic) bond motifs is 3. The number of para-hydroxylation sites is 1. The quantitative estimate of drug-likeness (QED) is 0.919. The number of aromatic nitrogens is 2. The first-order valence-corrected chi connectivity index (χ1v) is 6.92. The minimum absolute atomic E-state index is 0.0891. The van der Waals surface area contributed by atoms with E-state index in [4.69, 9.17) is 9.47 Å². The van der Waals surface area contributed by atoms with Crippen LogP contribution in [0.25, 0.3) is 11.3 Å². The van der Waals surface area contributed by atoms with Gasteiger partial charge in [0.2, 0.25) is 0 Å². The molecule has 1 atom stereocenters. The number of nitrogens with zero attached hydrogens (tertiary/aromatic N) is 2. The van der Waals surface area contributed by atoms with Gasteiger partial charge in [-0.3, -0.25) is 5.32 Å². The van der Waals surface area contributed by atoms with Gasteiger partial charge in [0.1, 0.15) is 5.75 Å². The fourth-order valence-electron chi connectivity index (χ4n) is 2.34. The fraction of sp³-hybridized carbons (Fsp3) is 0.375. The third-order valence-electron chi connectivity index (χ3n) is 3.21. The van der Waals surface area contributed by atoms with Crippen LogP contribution in [-0.2, 0) is 0 Å². The molecule has 1 unspecified atom stereocenters. The van der Waals surface area contributed by atoms with Crippen molar-refractivity contribution < 1.29 is 9.47 Å². The largest absolute Gasteiger partial charge is 0.470 e. The van der Waals surface area contributed by atoms with Crippen molar-refractivity contribution in [3.63, 3.8) is 0 Å². The number of benzene rings is 1. The van der Waals surface area contributed by atoms with Crippen LogP contribution in [0.5, 0.6) is 11.8 Å². The van der Waals surface area contributed by atoms with Crippen molar-refractivity contribution in [2.24, 2.45) is 0 Å². The summed E-state index contributed by atoms with van der Waals surface area (Å²) in [7, 11) is 1.57. The molecule has 0 amide bonds. The lowest BCUT2D eigenvalue weighted by molar-refractivity contribution is 0.127. The molecule has 0 aliphatic carbocycles. The number of ether oxygens (including phenoxy) is 2. The van der Waals surface area contributed by atoms with E-state index in [0.717, 1.165) is 22.6 Å². The third-order valence-corrected chi connectivity index (χ3v) is 3.21. The maximum atomic E-state index is 6.08. The Bertz CT molecular complexity index is 665. The van der Waals surface area contributed by atoms with E-state index < -0.39 is 0 Å². The maximum absolute atomic E-state index is 6.08. The molecule has 1 N–H and O–H groups in total. The van der Waals surface area contributed by atoms with Crippen molar-refractivity contribution in [3.05, 3.63) is 36.0 Å². The molecule has 1 aliphatic rings. The molecular formula is C16H19N3O2. The van der Waals surface area contributed by atoms with E-state index in [2.05, 4.69) is 36.1 Å². The molecule has 5 heteroatoms. The van der Waals surface area contributed by atoms with Crippen molar-refractivity contribution >= 4 is 0 Å². The zero-order chi connectivity index (χ0) is 15.0. The van der Waals surface area contributed by atoms with Crippen molar-refractivity contribution in [3.8, 4) is 23.0 Å². The van der Waals surface area contributed by atoms with Crippen LogP contribution in [0.3, 0.4) is 0 Å². The van der Waals surface area contributed by atoms with Gasteiger partial charge >= 0.3 is 6.01 Å². The van der Waals surface area contributed by atoms with Crippen molar-refractivity contribution in [2.75, 3.05) is 7.11 Å². The molecule has 21 heavy (non-hydrogen) atoms. The van der Waals surface area contributed by atoms with Gasteiger partial charge in [-0.1, -0.05) is 12.1 Å². The molecule has 1 aromatic carbocycles. The first kappa shape index (κ1) is 13.8. The summed E-state index contributed by atoms with van der Waals surface area (Å²) in [5, 5.41) is 3.45. The summed E-state index contributed by atoms with van der Waals surface area (Å²) in [6.45, 7) is 6.29. The van der Waals surface area contributed by atoms with Crippen molar-refractivity contribution in [2.45, 2.75) is 32.5 Å². The van der Waals surface area contributed by atoms with Crippen LogP contribution in [0.4, 0.5) is 0 Å². The molecule has 0 radical (unpaired) electrons. The molecule has 2 aromatic rings. The molecule has 0 saturated heterocycles. The van der Waals surface area contributed by atoms with Gasteiger partial charge in [-0.2, -0.15) is 4.98 Å². The van der Waals surface area contributed by atoms with Gasteiger partial charge < -0.3 is 9.47 Å². The topological polar surface area (TPSA) is 56.3 Å². The summed E-state index contributed by atoms with van der Waals surface area (Å²) in [4.78, 5) is 8.71. The molecule has 2 heterocycles. The SMILES string of the molecule is COc1ncc2c(n1)-c1ccccc1OC2NC(C)(C)C. The average Bonchev–Trinajstić information content (AvgIpc) is 2.45. The highest BCUT2D eigenvalue weighted by molar-refractivity contribution is 5.72. The lowest BCUT2D eigenvalue weighted by Crippen LogP contribution is -2.42. The zero-order valence-electron chi connectivity index (χ0n) is 12.7. The van der Waals surface area contributed by atoms with Crippen LogP contribution in [0.15, 0.2) is 30.5 Å². The summed E-state index contributed by atoms with van der Waals surface area (Å²) in [6.07, 6.45) is 1.49. The minimum atomic E-state index is -0.277. The Morgan fingerprint density at radius 1 is 1.24 bits per heavy atom. The highest BCUT2D eigenvalue weighted by atomic mass is 16.5. The summed E-state index contributed by atoms with van der Waals surface area (Å²) >= 11 is 0. The Hall–Kier alpha value is -2.14. The second kappa shape index (κ2) is 5.00. The molecule has 5 nitrogen and oxygen atoms in total. The van der Waals surface area contributed by atoms with Gasteiger partial charge in [0.25, 0.3) is 0 Å². The summed E-state index contributed by atoms with van der Waals surface area (Å²) < 4.78 is 11.2. The van der Waals surface area contributed by atoms with Crippen molar-refractivity contribution in [1.29, 1.82) is 0 Å². The predicted molar refractivity (Wildman–Crippen MR) is 80.3 cm³/mol. The van der Waals surface area contributed by atoms with E-state index in [1.165, 1.54) is 0 Å². The monoisotopic (exact) mass is 285 g/mol. The van der Waals surface area contributed by atoms with E-state index in [0.29, 0.717) is 6.01 Å². The second-order valence-corrected chi connectivity index (χ2v) is 6.05. The predicted octanol–water partition coefficient (Wildman–Crippen LogP) is 2.93. The first-order valence-electron chi connectivity index (χ1n) is 6.92. The molecule has 3 rings (SSSR count). The van der Waals surface area contributed by atoms with E-state index in [1.54, 1.807) is 13.3 Å². The number of methoxy groups -OCH3 is 1. The van der Waals surface area contributed by atoms with Gasteiger partial charge in [0.15, 0.2) is 6.23 Å². The smallest absolute Gasteiger partial charge is 0.316 e. The molecule has 0 fully saturated rings. The molecular weight excluding hydrogens is 266 g/mol. The third kappa shape index (κ3) is 2.69. The van der Waals surface area contributed by atoms with E-state index in [1.807, 2.05) is 24.3 Å². The lowest BCUT2D eigenvalue weighted by Gasteiger charge is -2.33. The summed E-state index contributed by atoms with van der Waals surface area (Å²) in [5.41, 5.74) is 2.64. The Balaban J connectivity index is 2.12. The van der Waals surface area contributed by atoms with Crippen LogP contribution in [-0.4, -0.2) is 22.6 Å². The van der Waals surface area contributed by atoms with Crippen LogP contribution in [0.1, 0.15) is 32.6 Å². The fourth-order valence-corrected chi connectivity index (χ4v) is 2.34. The highest BCUT2D eigenvalue weighted by Crippen LogP contribution is 2.40. The van der Waals surface area contributed by atoms with E-state index >= 15 is 0 Å². The molecule has 0 bridgehead atoms. The molecule has 0 saturated carbocycles. The van der Waals surface area contributed by atoms with Gasteiger partial charge in [0.05, 0.1) is 18.4 Å². The molecule has 1 aliphatic heterocycles. The van der Waals surface area contributed by atoms with Crippen LogP contribution >= 0.6 is 0 Å². The molecule has 110 valence electrons. The first-order chi connectivity index (χ1) is 9.98. The lowest BCUT2D eigenvalue weighted by atomic mass is 10.0. The highest BCUT2D eigenvalue weighted by Gasteiger charge is 2.30. The number of rotatable bonds is 2. The second-order valence-electron chi connectivity index (χ2n) is 6.05. The van der Waals surface area contributed by atoms with Crippen LogP contribution in [0, 0.1) is 0 Å². The average molecular weight is 285 g/mol. The van der Waals surface area contributed by atoms with Crippen molar-refractivity contribution in [1.82, 2.24) is 15.3 Å². The number of nitrogens with one attached hydrogen (secondary N) is 1. The summed E-state index contributed by atoms with van der Waals surface area (Å²) in [6, 6.07) is 8.23. The molecule has 0 spiro atoms. The maximum Gasteiger partial charge on any atom is 0.316 e. The number of hydrogen-bond acceptors (Lipinski definition) is 5. The Morgan fingerprint density at radius 3 is 2.71 bits per heavy atom. The van der Waals surface area contributed by atoms with E-state index in [-0.39, 0.29) is 11.8 Å². The van der Waals surface area contributed by atoms with Gasteiger partial charge in [-0.25, -0.2) is 4.98 Å². The standard InChI is InChI=1S/C16H19N3O2/c1-16(2,3)19-14-11-9-17-15(20-4)18-13(11)10-7-5-6-8-12(10)21-14/h5-9,14,19H,1-4H3. The number of hydrogen-bond donors (Lipinski definition) is 1. The van der Waals surface area contributed by atoms with Crippen LogP contribution in [0.2, 0.25) is 0 Å². The molecule has 1 aromatic heterocycles. The Morgan fingerprint density at radius 2 is 2.00 bits per heavy atom.